The molecule has 0 atom stereocenters. The van der Waals surface area contributed by atoms with Crippen LogP contribution in [-0.4, -0.2) is 6.18 Å². The molecule has 1 aliphatic carbocycles. The number of allylic oxidation sites excluding steroid dienone is 4. The van der Waals surface area contributed by atoms with E-state index >= 15 is 0 Å². The summed E-state index contributed by atoms with van der Waals surface area (Å²) in [4.78, 5) is 0. The third-order valence-electron chi connectivity index (χ3n) is 1.12. The zero-order valence-corrected chi connectivity index (χ0v) is 5.04. The van der Waals surface area contributed by atoms with Gasteiger partial charge in [-0.3, -0.25) is 0 Å². The molecular formula is C6H2F5+. The van der Waals surface area contributed by atoms with Gasteiger partial charge in [-0.05, 0) is 0 Å². The molecule has 0 aromatic rings. The molecule has 0 nitrogen and oxygen atoms in total. The van der Waals surface area contributed by atoms with Crippen LogP contribution in [0.4, 0.5) is 22.0 Å². The van der Waals surface area contributed by atoms with E-state index in [1.54, 1.807) is 0 Å². The molecular weight excluding hydrogens is 167 g/mol. The Hall–Kier alpha value is -1.00. The molecule has 0 heterocycles. The minimum Gasteiger partial charge on any atom is -0.154 e. The lowest BCUT2D eigenvalue weighted by atomic mass is 10.2. The molecule has 11 heavy (non-hydrogen) atoms. The zero-order chi connectivity index (χ0) is 8.65. The van der Waals surface area contributed by atoms with E-state index < -0.39 is 23.7 Å². The van der Waals surface area contributed by atoms with Gasteiger partial charge in [-0.1, -0.05) is 0 Å². The van der Waals surface area contributed by atoms with Gasteiger partial charge in [-0.2, -0.15) is 13.2 Å². The van der Waals surface area contributed by atoms with Crippen LogP contribution in [0.15, 0.2) is 23.8 Å². The van der Waals surface area contributed by atoms with Gasteiger partial charge in [0, 0.05) is 0 Å². The van der Waals surface area contributed by atoms with Crippen molar-refractivity contribution in [3.63, 3.8) is 0 Å². The highest BCUT2D eigenvalue weighted by atomic mass is 19.4. The van der Waals surface area contributed by atoms with Crippen molar-refractivity contribution in [3.8, 4) is 0 Å². The first kappa shape index (κ1) is 8.10. The summed E-state index contributed by atoms with van der Waals surface area (Å²) in [6, 6.07) is 0. The van der Waals surface area contributed by atoms with Crippen molar-refractivity contribution < 1.29 is 22.0 Å². The lowest BCUT2D eigenvalue weighted by Crippen LogP contribution is -2.15. The molecule has 1 rings (SSSR count). The Bertz CT molecular complexity index is 204. The van der Waals surface area contributed by atoms with E-state index in [2.05, 4.69) is 0 Å². The minimum absolute atomic E-state index is 0.120. The highest BCUT2D eigenvalue weighted by molar-refractivity contribution is 5.43. The molecule has 0 aromatic carbocycles. The van der Waals surface area contributed by atoms with E-state index in [1.807, 2.05) is 0 Å². The standard InChI is InChI=1S/C6H2F5/c7-4-1-3(2-5(4)8)6(9,10)11/h1-2H/q+1. The maximum absolute atomic E-state index is 12.0. The van der Waals surface area contributed by atoms with Crippen LogP contribution in [0.5, 0.6) is 0 Å². The van der Waals surface area contributed by atoms with Crippen molar-refractivity contribution in [3.05, 3.63) is 29.7 Å². The number of rotatable bonds is 0. The molecule has 60 valence electrons. The van der Waals surface area contributed by atoms with Gasteiger partial charge in [0.2, 0.25) is 0 Å². The predicted molar refractivity (Wildman–Crippen MR) is 27.7 cm³/mol. The number of hydrogen-bond donors (Lipinski definition) is 0. The highest BCUT2D eigenvalue weighted by Crippen LogP contribution is 2.38. The topological polar surface area (TPSA) is 0 Å². The molecule has 1 aliphatic rings. The Morgan fingerprint density at radius 2 is 1.36 bits per heavy atom. The Labute approximate surface area is 59.0 Å². The summed E-state index contributed by atoms with van der Waals surface area (Å²) >= 11 is 0. The van der Waals surface area contributed by atoms with Crippen LogP contribution in [-0.2, 0) is 0 Å². The Balaban J connectivity index is 2.84. The Kier molecular flexibility index (Phi) is 1.66. The van der Waals surface area contributed by atoms with E-state index in [0.29, 0.717) is 0 Å². The first-order chi connectivity index (χ1) is 4.91. The van der Waals surface area contributed by atoms with Gasteiger partial charge in [0.05, 0.1) is 0 Å². The van der Waals surface area contributed by atoms with E-state index in [1.165, 1.54) is 0 Å². The number of hydrogen-bond acceptors (Lipinski definition) is 0. The first-order valence-electron chi connectivity index (χ1n) is 2.60. The lowest BCUT2D eigenvalue weighted by molar-refractivity contribution is -0.103. The van der Waals surface area contributed by atoms with Crippen LogP contribution in [0.1, 0.15) is 0 Å². The van der Waals surface area contributed by atoms with Crippen LogP contribution in [0.25, 0.3) is 0 Å². The van der Waals surface area contributed by atoms with Crippen molar-refractivity contribution in [2.75, 3.05) is 0 Å². The van der Waals surface area contributed by atoms with Crippen molar-refractivity contribution in [2.45, 2.75) is 6.18 Å². The van der Waals surface area contributed by atoms with E-state index in [0.717, 1.165) is 0 Å². The quantitative estimate of drug-likeness (QED) is 0.386. The SMILES string of the molecule is FC1=C[C+](C(F)(F)F)C=C1F. The van der Waals surface area contributed by atoms with Crippen LogP contribution < -0.4 is 0 Å². The summed E-state index contributed by atoms with van der Waals surface area (Å²) in [6.45, 7) is 0. The average molecular weight is 169 g/mol. The van der Waals surface area contributed by atoms with Crippen LogP contribution >= 0.6 is 0 Å². The number of halogens is 5. The second-order valence-electron chi connectivity index (χ2n) is 1.94. The Morgan fingerprint density at radius 1 is 1.00 bits per heavy atom. The molecule has 0 radical (unpaired) electrons. The normalized spacial score (nSPS) is 18.5. The molecule has 0 fully saturated rings. The molecule has 0 spiro atoms. The van der Waals surface area contributed by atoms with E-state index in [9.17, 15) is 22.0 Å². The second kappa shape index (κ2) is 2.25. The monoisotopic (exact) mass is 169 g/mol. The van der Waals surface area contributed by atoms with Gasteiger partial charge in [0.1, 0.15) is 12.2 Å². The molecule has 0 saturated heterocycles. The molecule has 5 heteroatoms. The first-order valence-corrected chi connectivity index (χ1v) is 2.60. The molecule has 0 aromatic heterocycles. The smallest absolute Gasteiger partial charge is 0.154 e. The van der Waals surface area contributed by atoms with Crippen molar-refractivity contribution in [2.24, 2.45) is 0 Å². The van der Waals surface area contributed by atoms with E-state index in [4.69, 9.17) is 0 Å². The zero-order valence-electron chi connectivity index (χ0n) is 5.04. The Morgan fingerprint density at radius 3 is 1.55 bits per heavy atom. The molecule has 0 unspecified atom stereocenters. The van der Waals surface area contributed by atoms with Gasteiger partial charge in [0.25, 0.3) is 0 Å². The second-order valence-corrected chi connectivity index (χ2v) is 1.94. The average Bonchev–Trinajstić information content (AvgIpc) is 2.11. The number of alkyl halides is 3. The maximum Gasteiger partial charge on any atom is 0.467 e. The summed E-state index contributed by atoms with van der Waals surface area (Å²) in [5, 5.41) is 0. The highest BCUT2D eigenvalue weighted by Gasteiger charge is 2.48. The maximum atomic E-state index is 12.0. The third-order valence-corrected chi connectivity index (χ3v) is 1.12. The fourth-order valence-corrected chi connectivity index (χ4v) is 0.616. The molecule has 0 saturated carbocycles. The van der Waals surface area contributed by atoms with E-state index in [-0.39, 0.29) is 12.2 Å². The van der Waals surface area contributed by atoms with Gasteiger partial charge in [-0.15, -0.1) is 8.78 Å². The van der Waals surface area contributed by atoms with Gasteiger partial charge in [0.15, 0.2) is 5.92 Å². The van der Waals surface area contributed by atoms with Gasteiger partial charge < -0.3 is 0 Å². The lowest BCUT2D eigenvalue weighted by Gasteiger charge is -2.01. The molecule has 0 N–H and O–H groups in total. The van der Waals surface area contributed by atoms with Crippen LogP contribution in [0.2, 0.25) is 0 Å². The van der Waals surface area contributed by atoms with Gasteiger partial charge in [-0.25, -0.2) is 0 Å². The van der Waals surface area contributed by atoms with Crippen molar-refractivity contribution >= 4 is 0 Å². The van der Waals surface area contributed by atoms with Crippen LogP contribution in [0, 0.1) is 5.92 Å². The molecule has 0 bridgehead atoms. The largest absolute Gasteiger partial charge is 0.467 e. The summed E-state index contributed by atoms with van der Waals surface area (Å²) < 4.78 is 58.9. The summed E-state index contributed by atoms with van der Waals surface area (Å²) in [7, 11) is 0. The predicted octanol–water partition coefficient (Wildman–Crippen LogP) is 2.84. The molecule has 0 aliphatic heterocycles. The van der Waals surface area contributed by atoms with Crippen LogP contribution in [0.3, 0.4) is 0 Å². The van der Waals surface area contributed by atoms with Crippen molar-refractivity contribution in [1.29, 1.82) is 0 Å². The summed E-state index contributed by atoms with van der Waals surface area (Å²) in [5.74, 6) is -4.25. The summed E-state index contributed by atoms with van der Waals surface area (Å²) in [5.41, 5.74) is 0. The summed E-state index contributed by atoms with van der Waals surface area (Å²) in [6.07, 6.45) is -4.43. The van der Waals surface area contributed by atoms with Crippen molar-refractivity contribution in [1.82, 2.24) is 0 Å². The third kappa shape index (κ3) is 1.53. The fraction of sp³-hybridized carbons (Fsp3) is 0.167. The molecule has 0 amide bonds. The fourth-order valence-electron chi connectivity index (χ4n) is 0.616. The van der Waals surface area contributed by atoms with Gasteiger partial charge >= 0.3 is 17.8 Å². The minimum atomic E-state index is -4.68.